The van der Waals surface area contributed by atoms with Gasteiger partial charge in [-0.2, -0.15) is 0 Å². The van der Waals surface area contributed by atoms with Crippen LogP contribution in [0.1, 0.15) is 32.9 Å². The molecule has 1 aliphatic rings. The van der Waals surface area contributed by atoms with E-state index < -0.39 is 11.7 Å². The lowest BCUT2D eigenvalue weighted by molar-refractivity contribution is 0.0509. The minimum atomic E-state index is -0.497. The molecular formula is C13H20ClN5O2. The summed E-state index contributed by atoms with van der Waals surface area (Å²) in [4.78, 5) is 18.0. The molecule has 1 atom stereocenters. The Kier molecular flexibility index (Phi) is 4.51. The number of carbonyl (C=O) groups is 1. The zero-order valence-corrected chi connectivity index (χ0v) is 13.4. The summed E-state index contributed by atoms with van der Waals surface area (Å²) in [6.45, 7) is 8.68. The summed E-state index contributed by atoms with van der Waals surface area (Å²) < 4.78 is 5.25. The van der Waals surface area contributed by atoms with Crippen LogP contribution in [0.5, 0.6) is 0 Å². The number of carbonyl (C=O) groups excluding carboxylic acids is 1. The van der Waals surface area contributed by atoms with Gasteiger partial charge in [0, 0.05) is 13.1 Å². The number of ether oxygens (including phenoxy) is 1. The first kappa shape index (κ1) is 15.8. The van der Waals surface area contributed by atoms with Crippen molar-refractivity contribution >= 4 is 23.6 Å². The van der Waals surface area contributed by atoms with Crippen LogP contribution in [0.25, 0.3) is 0 Å². The molecule has 1 aliphatic heterocycles. The fourth-order valence-corrected chi connectivity index (χ4v) is 2.13. The van der Waals surface area contributed by atoms with E-state index in [1.54, 1.807) is 6.92 Å². The van der Waals surface area contributed by atoms with E-state index in [1.165, 1.54) is 0 Å². The topological polar surface area (TPSA) is 80.2 Å². The molecule has 1 fully saturated rings. The van der Waals surface area contributed by atoms with Crippen LogP contribution in [0.15, 0.2) is 0 Å². The molecule has 1 aromatic rings. The maximum atomic E-state index is 11.7. The molecule has 0 saturated carbocycles. The lowest BCUT2D eigenvalue weighted by Gasteiger charge is -2.22. The Morgan fingerprint density at radius 3 is 2.76 bits per heavy atom. The fraction of sp³-hybridized carbons (Fsp3) is 0.692. The molecule has 0 spiro atoms. The summed E-state index contributed by atoms with van der Waals surface area (Å²) in [6.07, 6.45) is 0.408. The first-order valence-corrected chi connectivity index (χ1v) is 7.23. The second-order valence-corrected chi connectivity index (χ2v) is 6.42. The van der Waals surface area contributed by atoms with Crippen LogP contribution in [0.3, 0.4) is 0 Å². The van der Waals surface area contributed by atoms with Crippen molar-refractivity contribution in [3.63, 3.8) is 0 Å². The molecular weight excluding hydrogens is 294 g/mol. The van der Waals surface area contributed by atoms with Gasteiger partial charge >= 0.3 is 6.09 Å². The van der Waals surface area contributed by atoms with Crippen molar-refractivity contribution in [2.75, 3.05) is 18.0 Å². The molecule has 0 unspecified atom stereocenters. The Labute approximate surface area is 129 Å². The largest absolute Gasteiger partial charge is 0.444 e. The molecule has 116 valence electrons. The van der Waals surface area contributed by atoms with Gasteiger partial charge in [-0.25, -0.2) is 9.78 Å². The Hall–Kier alpha value is -1.63. The summed E-state index contributed by atoms with van der Waals surface area (Å²) in [5, 5.41) is 11.0. The minimum Gasteiger partial charge on any atom is -0.444 e. The molecule has 1 aromatic heterocycles. The second kappa shape index (κ2) is 6.01. The number of rotatable bonds is 2. The third-order valence-electron chi connectivity index (χ3n) is 2.99. The molecule has 0 bridgehead atoms. The highest BCUT2D eigenvalue weighted by molar-refractivity contribution is 6.29. The van der Waals surface area contributed by atoms with Gasteiger partial charge in [-0.15, -0.1) is 10.2 Å². The molecule has 1 N–H and O–H groups in total. The molecule has 1 amide bonds. The summed E-state index contributed by atoms with van der Waals surface area (Å²) >= 11 is 5.82. The lowest BCUT2D eigenvalue weighted by atomic mass is 10.2. The van der Waals surface area contributed by atoms with E-state index in [2.05, 4.69) is 20.5 Å². The number of amides is 1. The number of nitrogens with zero attached hydrogens (tertiary/aromatic N) is 4. The normalized spacial score (nSPS) is 18.7. The standard InChI is InChI=1S/C13H20ClN5O2/c1-8-10(14)17-18-11(15-8)19-6-5-9(7-19)16-12(20)21-13(2,3)4/h9H,5-7H2,1-4H3,(H,16,20)/t9-/m1/s1. The predicted octanol–water partition coefficient (Wildman–Crippen LogP) is 1.94. The number of hydrogen-bond donors (Lipinski definition) is 1. The molecule has 2 rings (SSSR count). The molecule has 8 heteroatoms. The number of halogens is 1. The molecule has 0 aromatic carbocycles. The van der Waals surface area contributed by atoms with Crippen LogP contribution in [0.4, 0.5) is 10.7 Å². The van der Waals surface area contributed by atoms with E-state index >= 15 is 0 Å². The van der Waals surface area contributed by atoms with Crippen molar-refractivity contribution in [3.8, 4) is 0 Å². The molecule has 7 nitrogen and oxygen atoms in total. The van der Waals surface area contributed by atoms with Crippen LogP contribution >= 0.6 is 11.6 Å². The van der Waals surface area contributed by atoms with Crippen molar-refractivity contribution in [2.24, 2.45) is 0 Å². The molecule has 0 radical (unpaired) electrons. The highest BCUT2D eigenvalue weighted by Crippen LogP contribution is 2.18. The molecule has 0 aliphatic carbocycles. The average molecular weight is 314 g/mol. The molecule has 2 heterocycles. The first-order chi connectivity index (χ1) is 9.74. The Morgan fingerprint density at radius 2 is 2.14 bits per heavy atom. The van der Waals surface area contributed by atoms with Crippen LogP contribution < -0.4 is 10.2 Å². The zero-order valence-electron chi connectivity index (χ0n) is 12.7. The van der Waals surface area contributed by atoms with Gasteiger partial charge in [0.25, 0.3) is 0 Å². The van der Waals surface area contributed by atoms with E-state index in [1.807, 2.05) is 25.7 Å². The Bertz CT molecular complexity index is 532. The third kappa shape index (κ3) is 4.42. The minimum absolute atomic E-state index is 0.0134. The molecule has 21 heavy (non-hydrogen) atoms. The smallest absolute Gasteiger partial charge is 0.407 e. The van der Waals surface area contributed by atoms with Gasteiger partial charge in [-0.1, -0.05) is 11.6 Å². The highest BCUT2D eigenvalue weighted by Gasteiger charge is 2.27. The van der Waals surface area contributed by atoms with Crippen molar-refractivity contribution in [2.45, 2.75) is 45.8 Å². The Balaban J connectivity index is 1.91. The van der Waals surface area contributed by atoms with E-state index in [-0.39, 0.29) is 6.04 Å². The summed E-state index contributed by atoms with van der Waals surface area (Å²) in [7, 11) is 0. The van der Waals surface area contributed by atoms with Gasteiger partial charge < -0.3 is 15.0 Å². The van der Waals surface area contributed by atoms with Gasteiger partial charge in [0.15, 0.2) is 5.15 Å². The average Bonchev–Trinajstić information content (AvgIpc) is 2.78. The lowest BCUT2D eigenvalue weighted by Crippen LogP contribution is -2.40. The van der Waals surface area contributed by atoms with E-state index in [4.69, 9.17) is 16.3 Å². The molecule has 1 saturated heterocycles. The maximum Gasteiger partial charge on any atom is 0.407 e. The summed E-state index contributed by atoms with van der Waals surface area (Å²) in [5.41, 5.74) is 0.146. The summed E-state index contributed by atoms with van der Waals surface area (Å²) in [5.74, 6) is 0.533. The highest BCUT2D eigenvalue weighted by atomic mass is 35.5. The van der Waals surface area contributed by atoms with Crippen molar-refractivity contribution < 1.29 is 9.53 Å². The van der Waals surface area contributed by atoms with Crippen molar-refractivity contribution in [3.05, 3.63) is 10.8 Å². The number of hydrogen-bond acceptors (Lipinski definition) is 6. The van der Waals surface area contributed by atoms with Crippen molar-refractivity contribution in [1.29, 1.82) is 0 Å². The van der Waals surface area contributed by atoms with Crippen LogP contribution in [-0.4, -0.2) is 46.0 Å². The SMILES string of the molecule is Cc1nc(N2CC[C@@H](NC(=O)OC(C)(C)C)C2)nnc1Cl. The van der Waals surface area contributed by atoms with Crippen LogP contribution in [0, 0.1) is 6.92 Å². The quantitative estimate of drug-likeness (QED) is 0.898. The third-order valence-corrected chi connectivity index (χ3v) is 3.33. The Morgan fingerprint density at radius 1 is 1.43 bits per heavy atom. The van der Waals surface area contributed by atoms with Crippen molar-refractivity contribution in [1.82, 2.24) is 20.5 Å². The van der Waals surface area contributed by atoms with Crippen LogP contribution in [0.2, 0.25) is 5.15 Å². The van der Waals surface area contributed by atoms with Gasteiger partial charge in [0.1, 0.15) is 5.60 Å². The van der Waals surface area contributed by atoms with Gasteiger partial charge in [0.2, 0.25) is 5.95 Å². The van der Waals surface area contributed by atoms with E-state index in [0.717, 1.165) is 13.0 Å². The van der Waals surface area contributed by atoms with E-state index in [0.29, 0.717) is 23.3 Å². The maximum absolute atomic E-state index is 11.7. The summed E-state index contributed by atoms with van der Waals surface area (Å²) in [6, 6.07) is 0.0134. The first-order valence-electron chi connectivity index (χ1n) is 6.86. The van der Waals surface area contributed by atoms with Gasteiger partial charge in [-0.05, 0) is 34.1 Å². The number of aryl methyl sites for hydroxylation is 1. The zero-order chi connectivity index (χ0) is 15.6. The van der Waals surface area contributed by atoms with Gasteiger partial charge in [-0.3, -0.25) is 0 Å². The van der Waals surface area contributed by atoms with E-state index in [9.17, 15) is 4.79 Å². The number of aromatic nitrogens is 3. The fourth-order valence-electron chi connectivity index (χ4n) is 2.05. The monoisotopic (exact) mass is 313 g/mol. The predicted molar refractivity (Wildman–Crippen MR) is 79.6 cm³/mol. The number of nitrogens with one attached hydrogen (secondary N) is 1. The van der Waals surface area contributed by atoms with Gasteiger partial charge in [0.05, 0.1) is 11.7 Å². The second-order valence-electron chi connectivity index (χ2n) is 6.07. The number of anilines is 1. The number of alkyl carbamates (subject to hydrolysis) is 1. The van der Waals surface area contributed by atoms with Crippen LogP contribution in [-0.2, 0) is 4.74 Å².